The molecule has 35 heavy (non-hydrogen) atoms. The van der Waals surface area contributed by atoms with Crippen molar-refractivity contribution in [2.75, 3.05) is 6.61 Å². The van der Waals surface area contributed by atoms with Crippen LogP contribution in [0.25, 0.3) is 0 Å². The summed E-state index contributed by atoms with van der Waals surface area (Å²) in [5.41, 5.74) is 3.26. The average Bonchev–Trinajstić information content (AvgIpc) is 2.87. The molecule has 0 aromatic heterocycles. The SMILES string of the molecule is CCOC(=O)C1=C[C@@H](OC(CC)CC)[C@H](NC(C)=O)[C@@H]([15N]=C(c2ccccc2)c2ccccc2)C1. The van der Waals surface area contributed by atoms with Crippen LogP contribution in [0.1, 0.15) is 58.1 Å². The minimum atomic E-state index is -0.501. The van der Waals surface area contributed by atoms with Crippen molar-refractivity contribution >= 4 is 17.6 Å². The lowest BCUT2D eigenvalue weighted by Gasteiger charge is -2.37. The van der Waals surface area contributed by atoms with Gasteiger partial charge in [-0.1, -0.05) is 74.5 Å². The molecule has 1 N–H and O–H groups in total. The molecule has 1 amide bonds. The maximum Gasteiger partial charge on any atom is 0.333 e. The third-order valence-corrected chi connectivity index (χ3v) is 6.12. The topological polar surface area (TPSA) is 77.0 Å². The minimum Gasteiger partial charge on any atom is -0.463 e. The van der Waals surface area contributed by atoms with E-state index in [1.165, 1.54) is 6.92 Å². The Morgan fingerprint density at radius 2 is 1.54 bits per heavy atom. The fourth-order valence-electron chi connectivity index (χ4n) is 4.36. The highest BCUT2D eigenvalue weighted by Crippen LogP contribution is 2.28. The molecular formula is C29H36N2O4. The Morgan fingerprint density at radius 3 is 2.03 bits per heavy atom. The molecule has 2 aromatic rings. The molecule has 1 aliphatic carbocycles. The van der Waals surface area contributed by atoms with Gasteiger partial charge in [0.05, 0.1) is 36.6 Å². The van der Waals surface area contributed by atoms with Gasteiger partial charge in [-0.25, -0.2) is 4.79 Å². The summed E-state index contributed by atoms with van der Waals surface area (Å²) in [6.45, 7) is 7.71. The molecule has 0 spiro atoms. The van der Waals surface area contributed by atoms with Crippen molar-refractivity contribution < 1.29 is 19.1 Å². The predicted octanol–water partition coefficient (Wildman–Crippen LogP) is 4.86. The average molecular weight is 478 g/mol. The van der Waals surface area contributed by atoms with E-state index in [0.29, 0.717) is 12.0 Å². The van der Waals surface area contributed by atoms with Crippen LogP contribution >= 0.6 is 0 Å². The molecule has 0 aliphatic heterocycles. The minimum absolute atomic E-state index is 0.00130. The van der Waals surface area contributed by atoms with Gasteiger partial charge in [0.25, 0.3) is 0 Å². The second-order valence-corrected chi connectivity index (χ2v) is 8.66. The molecule has 1 aliphatic rings. The number of hydrogen-bond acceptors (Lipinski definition) is 5. The molecule has 0 heterocycles. The zero-order chi connectivity index (χ0) is 25.2. The summed E-state index contributed by atoms with van der Waals surface area (Å²) >= 11 is 0. The van der Waals surface area contributed by atoms with Crippen LogP contribution in [0.15, 0.2) is 77.3 Å². The van der Waals surface area contributed by atoms with E-state index in [9.17, 15) is 9.59 Å². The number of nitrogens with zero attached hydrogens (tertiary/aromatic N) is 1. The molecule has 6 nitrogen and oxygen atoms in total. The van der Waals surface area contributed by atoms with E-state index in [1.807, 2.05) is 66.7 Å². The Balaban J connectivity index is 2.12. The highest BCUT2D eigenvalue weighted by atomic mass is 16.5. The highest BCUT2D eigenvalue weighted by Gasteiger charge is 2.38. The molecule has 6 heteroatoms. The van der Waals surface area contributed by atoms with Crippen LogP contribution in [-0.4, -0.2) is 48.5 Å². The van der Waals surface area contributed by atoms with Crippen LogP contribution in [0.5, 0.6) is 0 Å². The van der Waals surface area contributed by atoms with Crippen molar-refractivity contribution in [3.63, 3.8) is 0 Å². The maximum absolute atomic E-state index is 12.8. The lowest BCUT2D eigenvalue weighted by molar-refractivity contribution is -0.139. The van der Waals surface area contributed by atoms with Crippen LogP contribution < -0.4 is 5.32 Å². The molecule has 0 fully saturated rings. The van der Waals surface area contributed by atoms with Crippen molar-refractivity contribution in [2.45, 2.75) is 71.2 Å². The number of benzene rings is 2. The van der Waals surface area contributed by atoms with E-state index in [4.69, 9.17) is 14.5 Å². The Hall–Kier alpha value is -3.25. The number of carbonyl (C=O) groups excluding carboxylic acids is 2. The van der Waals surface area contributed by atoms with Gasteiger partial charge in [0.15, 0.2) is 0 Å². The van der Waals surface area contributed by atoms with Gasteiger partial charge in [-0.3, -0.25) is 9.79 Å². The van der Waals surface area contributed by atoms with E-state index in [2.05, 4.69) is 19.2 Å². The van der Waals surface area contributed by atoms with Crippen molar-refractivity contribution in [3.8, 4) is 0 Å². The third kappa shape index (κ3) is 7.12. The lowest BCUT2D eigenvalue weighted by atomic mass is 9.88. The summed E-state index contributed by atoms with van der Waals surface area (Å²) in [5, 5.41) is 3.07. The number of hydrogen-bond donors (Lipinski definition) is 1. The maximum atomic E-state index is 12.8. The van der Waals surface area contributed by atoms with E-state index < -0.39 is 18.2 Å². The molecule has 186 valence electrons. The second-order valence-electron chi connectivity index (χ2n) is 8.66. The Morgan fingerprint density at radius 1 is 0.971 bits per heavy atom. The summed E-state index contributed by atoms with van der Waals surface area (Å²) in [5.74, 6) is -0.532. The molecule has 0 saturated carbocycles. The summed E-state index contributed by atoms with van der Waals surface area (Å²) in [6, 6.07) is 19.1. The monoisotopic (exact) mass is 477 g/mol. The first kappa shape index (κ1) is 26.4. The van der Waals surface area contributed by atoms with E-state index in [1.54, 1.807) is 6.92 Å². The number of nitrogens with one attached hydrogen (secondary N) is 1. The van der Waals surface area contributed by atoms with Gasteiger partial charge in [0, 0.05) is 30.0 Å². The zero-order valence-corrected chi connectivity index (χ0v) is 21.1. The van der Waals surface area contributed by atoms with Crippen molar-refractivity contribution in [3.05, 3.63) is 83.4 Å². The highest BCUT2D eigenvalue weighted by molar-refractivity contribution is 6.13. The lowest BCUT2D eigenvalue weighted by Crippen LogP contribution is -2.53. The Labute approximate surface area is 208 Å². The van der Waals surface area contributed by atoms with Gasteiger partial charge in [-0.15, -0.1) is 0 Å². The van der Waals surface area contributed by atoms with Crippen molar-refractivity contribution in [1.29, 1.82) is 0 Å². The van der Waals surface area contributed by atoms with Gasteiger partial charge in [-0.05, 0) is 25.8 Å². The van der Waals surface area contributed by atoms with E-state index in [0.717, 1.165) is 29.7 Å². The molecule has 0 bridgehead atoms. The van der Waals surface area contributed by atoms with Crippen LogP contribution in [-0.2, 0) is 19.1 Å². The van der Waals surface area contributed by atoms with Crippen LogP contribution in [0.4, 0.5) is 0 Å². The van der Waals surface area contributed by atoms with Gasteiger partial charge >= 0.3 is 5.97 Å². The Kier molecular flexibility index (Phi) is 9.79. The first-order chi connectivity index (χ1) is 17.0. The third-order valence-electron chi connectivity index (χ3n) is 6.12. The van der Waals surface area contributed by atoms with Gasteiger partial charge in [-0.2, -0.15) is 0 Å². The molecule has 2 aromatic carbocycles. The summed E-state index contributed by atoms with van der Waals surface area (Å²) in [6.07, 6.45) is 3.31. The summed E-state index contributed by atoms with van der Waals surface area (Å²) in [4.78, 5) is 30.2. The molecule has 0 unspecified atom stereocenters. The van der Waals surface area contributed by atoms with E-state index in [-0.39, 0.29) is 24.6 Å². The normalized spacial score (nSPS) is 19.6. The standard InChI is InChI=1S/C29H36N2O4/c1-5-24(6-2)35-26-19-23(29(33)34-7-3)18-25(28(26)30-20(4)32)31-27(21-14-10-8-11-15-21)22-16-12-9-13-17-22/h8-17,19,24-26,28H,5-7,18H2,1-4H3,(H,30,32)/t25-,26+,28+/m0/s1/i31+1. The number of amides is 1. The molecule has 0 saturated heterocycles. The molecule has 0 radical (unpaired) electrons. The largest absolute Gasteiger partial charge is 0.463 e. The fraction of sp³-hybridized carbons (Fsp3) is 0.414. The van der Waals surface area contributed by atoms with Crippen molar-refractivity contribution in [1.82, 2.24) is 5.32 Å². The summed E-state index contributed by atoms with van der Waals surface area (Å²) < 4.78 is 11.7. The van der Waals surface area contributed by atoms with Crippen LogP contribution in [0, 0.1) is 0 Å². The predicted molar refractivity (Wildman–Crippen MR) is 138 cm³/mol. The first-order valence-corrected chi connectivity index (χ1v) is 12.5. The number of aliphatic imine (C=N–C) groups is 1. The number of esters is 1. The smallest absolute Gasteiger partial charge is 0.333 e. The van der Waals surface area contributed by atoms with Crippen LogP contribution in [0.3, 0.4) is 0 Å². The van der Waals surface area contributed by atoms with Gasteiger partial charge in [0.2, 0.25) is 5.91 Å². The Bertz CT molecular complexity index is 988. The van der Waals surface area contributed by atoms with Gasteiger partial charge < -0.3 is 14.8 Å². The van der Waals surface area contributed by atoms with Crippen LogP contribution in [0.2, 0.25) is 0 Å². The van der Waals surface area contributed by atoms with E-state index >= 15 is 0 Å². The zero-order valence-electron chi connectivity index (χ0n) is 21.1. The number of rotatable bonds is 10. The fourth-order valence-corrected chi connectivity index (χ4v) is 4.36. The molecule has 3 atom stereocenters. The second kappa shape index (κ2) is 13.0. The molecule has 3 rings (SSSR count). The summed E-state index contributed by atoms with van der Waals surface area (Å²) in [7, 11) is 0. The van der Waals surface area contributed by atoms with Gasteiger partial charge in [0.1, 0.15) is 0 Å². The van der Waals surface area contributed by atoms with Crippen molar-refractivity contribution in [2.24, 2.45) is 4.99 Å². The number of ether oxygens (including phenoxy) is 2. The number of carbonyl (C=O) groups is 2. The first-order valence-electron chi connectivity index (χ1n) is 12.5. The quantitative estimate of drug-likeness (QED) is 0.301. The molecular weight excluding hydrogens is 441 g/mol.